The van der Waals surface area contributed by atoms with Gasteiger partial charge in [-0.1, -0.05) is 12.1 Å². The van der Waals surface area contributed by atoms with Crippen LogP contribution in [0.25, 0.3) is 0 Å². The van der Waals surface area contributed by atoms with Gasteiger partial charge in [-0.2, -0.15) is 0 Å². The summed E-state index contributed by atoms with van der Waals surface area (Å²) in [7, 11) is -2.60. The van der Waals surface area contributed by atoms with Gasteiger partial charge in [0.05, 0.1) is 13.0 Å². The number of sulfonamides is 1. The normalized spacial score (nSPS) is 12.6. The fourth-order valence-electron chi connectivity index (χ4n) is 1.96. The second-order valence-electron chi connectivity index (χ2n) is 4.67. The van der Waals surface area contributed by atoms with Gasteiger partial charge in [-0.15, -0.1) is 0 Å². The topological polar surface area (TPSA) is 85.4 Å². The highest BCUT2D eigenvalue weighted by molar-refractivity contribution is 7.89. The molecule has 0 radical (unpaired) electrons. The Kier molecular flexibility index (Phi) is 5.41. The zero-order valence-corrected chi connectivity index (χ0v) is 13.1. The van der Waals surface area contributed by atoms with Gasteiger partial charge >= 0.3 is 5.97 Å². The summed E-state index contributed by atoms with van der Waals surface area (Å²) in [6, 6.07) is 8.10. The van der Waals surface area contributed by atoms with E-state index in [1.807, 2.05) is 0 Å². The number of ether oxygens (including phenoxy) is 1. The highest BCUT2D eigenvalue weighted by Gasteiger charge is 2.24. The Labute approximate surface area is 133 Å². The number of methoxy groups -OCH3 is 1. The number of carbonyl (C=O) groups is 1. The molecule has 0 bridgehead atoms. The van der Waals surface area contributed by atoms with E-state index in [2.05, 4.69) is 14.4 Å². The maximum absolute atomic E-state index is 13.0. The fraction of sp³-hybridized carbons (Fsp3) is 0.200. The highest BCUT2D eigenvalue weighted by atomic mass is 32.2. The molecule has 0 aliphatic carbocycles. The fourth-order valence-corrected chi connectivity index (χ4v) is 2.97. The van der Waals surface area contributed by atoms with Crippen LogP contribution in [0.5, 0.6) is 0 Å². The van der Waals surface area contributed by atoms with Gasteiger partial charge in [0.2, 0.25) is 10.0 Å². The van der Waals surface area contributed by atoms with E-state index in [9.17, 15) is 17.6 Å². The minimum Gasteiger partial charge on any atom is -0.469 e. The molecule has 0 saturated carbocycles. The molecule has 2 aromatic rings. The van der Waals surface area contributed by atoms with Crippen LogP contribution in [0.4, 0.5) is 4.39 Å². The first kappa shape index (κ1) is 17.0. The van der Waals surface area contributed by atoms with Crippen molar-refractivity contribution in [2.24, 2.45) is 0 Å². The van der Waals surface area contributed by atoms with Crippen LogP contribution in [0.3, 0.4) is 0 Å². The van der Waals surface area contributed by atoms with Gasteiger partial charge in [0.25, 0.3) is 0 Å². The van der Waals surface area contributed by atoms with Crippen LogP contribution in [0.1, 0.15) is 11.5 Å². The summed E-state index contributed by atoms with van der Waals surface area (Å²) in [5.41, 5.74) is 0.451. The molecule has 1 aromatic carbocycles. The van der Waals surface area contributed by atoms with E-state index in [0.29, 0.717) is 5.56 Å². The number of benzene rings is 1. The number of aromatic nitrogens is 1. The molecule has 0 spiro atoms. The first-order valence-electron chi connectivity index (χ1n) is 6.67. The molecule has 0 aliphatic rings. The molecule has 122 valence electrons. The van der Waals surface area contributed by atoms with E-state index in [-0.39, 0.29) is 11.4 Å². The minimum atomic E-state index is -3.81. The van der Waals surface area contributed by atoms with Gasteiger partial charge in [-0.3, -0.25) is 9.78 Å². The first-order chi connectivity index (χ1) is 10.9. The number of rotatable bonds is 6. The van der Waals surface area contributed by atoms with Gasteiger partial charge < -0.3 is 4.74 Å². The average molecular weight is 338 g/mol. The lowest BCUT2D eigenvalue weighted by Crippen LogP contribution is -2.32. The predicted molar refractivity (Wildman–Crippen MR) is 80.6 cm³/mol. The number of hydrogen-bond acceptors (Lipinski definition) is 5. The Morgan fingerprint density at radius 2 is 2.00 bits per heavy atom. The van der Waals surface area contributed by atoms with Gasteiger partial charge in [0.15, 0.2) is 0 Å². The van der Waals surface area contributed by atoms with Crippen LogP contribution in [0, 0.1) is 5.82 Å². The summed E-state index contributed by atoms with van der Waals surface area (Å²) >= 11 is 0. The maximum atomic E-state index is 13.0. The van der Waals surface area contributed by atoms with Gasteiger partial charge in [0, 0.05) is 18.9 Å². The summed E-state index contributed by atoms with van der Waals surface area (Å²) in [6.07, 6.45) is 2.65. The summed E-state index contributed by atoms with van der Waals surface area (Å²) in [4.78, 5) is 15.6. The molecule has 1 atom stereocenters. The Morgan fingerprint density at radius 3 is 2.57 bits per heavy atom. The lowest BCUT2D eigenvalue weighted by atomic mass is 9.99. The molecular weight excluding hydrogens is 323 g/mol. The second kappa shape index (κ2) is 7.30. The second-order valence-corrected chi connectivity index (χ2v) is 6.43. The van der Waals surface area contributed by atoms with Crippen LogP contribution in [0.15, 0.2) is 53.7 Å². The molecule has 6 nitrogen and oxygen atoms in total. The first-order valence-corrected chi connectivity index (χ1v) is 8.15. The van der Waals surface area contributed by atoms with Crippen LogP contribution in [-0.2, 0) is 19.6 Å². The summed E-state index contributed by atoms with van der Waals surface area (Å²) in [6.45, 7) is -0.213. The number of halogens is 1. The summed E-state index contributed by atoms with van der Waals surface area (Å²) in [5.74, 6) is -1.95. The maximum Gasteiger partial charge on any atom is 0.314 e. The molecule has 2 rings (SSSR count). The molecule has 1 heterocycles. The number of hydrogen-bond donors (Lipinski definition) is 1. The Bertz CT molecular complexity index is 764. The van der Waals surface area contributed by atoms with Crippen molar-refractivity contribution in [3.63, 3.8) is 0 Å². The third-order valence-electron chi connectivity index (χ3n) is 3.18. The van der Waals surface area contributed by atoms with Crippen molar-refractivity contribution < 1.29 is 22.3 Å². The van der Waals surface area contributed by atoms with E-state index in [1.165, 1.54) is 55.9 Å². The Balaban J connectivity index is 2.19. The van der Waals surface area contributed by atoms with E-state index >= 15 is 0 Å². The molecule has 0 fully saturated rings. The molecular formula is C15H15FN2O4S. The smallest absolute Gasteiger partial charge is 0.314 e. The number of esters is 1. The predicted octanol–water partition coefficient (Wildman–Crippen LogP) is 1.46. The van der Waals surface area contributed by atoms with Crippen LogP contribution in [-0.4, -0.2) is 33.0 Å². The third kappa shape index (κ3) is 4.33. The lowest BCUT2D eigenvalue weighted by Gasteiger charge is -2.16. The zero-order chi connectivity index (χ0) is 16.9. The van der Waals surface area contributed by atoms with E-state index in [1.54, 1.807) is 0 Å². The largest absolute Gasteiger partial charge is 0.469 e. The third-order valence-corrected chi connectivity index (χ3v) is 4.59. The Hall–Kier alpha value is -2.32. The van der Waals surface area contributed by atoms with Crippen molar-refractivity contribution in [2.45, 2.75) is 10.8 Å². The van der Waals surface area contributed by atoms with Crippen LogP contribution in [0.2, 0.25) is 0 Å². The Morgan fingerprint density at radius 1 is 1.30 bits per heavy atom. The van der Waals surface area contributed by atoms with E-state index in [4.69, 9.17) is 0 Å². The molecule has 1 unspecified atom stereocenters. The SMILES string of the molecule is COC(=O)C(CNS(=O)(=O)c1cccnc1)c1ccc(F)cc1. The van der Waals surface area contributed by atoms with Crippen molar-refractivity contribution in [2.75, 3.05) is 13.7 Å². The molecule has 0 aliphatic heterocycles. The van der Waals surface area contributed by atoms with Crippen LogP contribution >= 0.6 is 0 Å². The molecule has 1 aromatic heterocycles. The highest BCUT2D eigenvalue weighted by Crippen LogP contribution is 2.18. The monoisotopic (exact) mass is 338 g/mol. The van der Waals surface area contributed by atoms with Gasteiger partial charge in [-0.05, 0) is 29.8 Å². The van der Waals surface area contributed by atoms with Crippen molar-refractivity contribution in [3.05, 3.63) is 60.2 Å². The molecule has 23 heavy (non-hydrogen) atoms. The number of pyridine rings is 1. The van der Waals surface area contributed by atoms with Crippen molar-refractivity contribution in [1.82, 2.24) is 9.71 Å². The molecule has 8 heteroatoms. The number of nitrogens with one attached hydrogen (secondary N) is 1. The standard InChI is InChI=1S/C15H15FN2O4S/c1-22-15(19)14(11-4-6-12(16)7-5-11)10-18-23(20,21)13-3-2-8-17-9-13/h2-9,14,18H,10H2,1H3. The molecule has 1 N–H and O–H groups in total. The van der Waals surface area contributed by atoms with E-state index in [0.717, 1.165) is 0 Å². The summed E-state index contributed by atoms with van der Waals surface area (Å²) in [5, 5.41) is 0. The number of carbonyl (C=O) groups excluding carboxylic acids is 1. The average Bonchev–Trinajstić information content (AvgIpc) is 2.57. The van der Waals surface area contributed by atoms with Crippen molar-refractivity contribution in [3.8, 4) is 0 Å². The van der Waals surface area contributed by atoms with E-state index < -0.39 is 27.7 Å². The number of nitrogens with zero attached hydrogens (tertiary/aromatic N) is 1. The summed E-state index contributed by atoms with van der Waals surface area (Å²) < 4.78 is 44.4. The minimum absolute atomic E-state index is 0.0114. The van der Waals surface area contributed by atoms with Crippen LogP contribution < -0.4 is 4.72 Å². The van der Waals surface area contributed by atoms with Gasteiger partial charge in [0.1, 0.15) is 10.7 Å². The van der Waals surface area contributed by atoms with Gasteiger partial charge in [-0.25, -0.2) is 17.5 Å². The lowest BCUT2D eigenvalue weighted by molar-refractivity contribution is -0.142. The molecule has 0 amide bonds. The molecule has 0 saturated heterocycles. The van der Waals surface area contributed by atoms with Crippen molar-refractivity contribution in [1.29, 1.82) is 0 Å². The van der Waals surface area contributed by atoms with Crippen molar-refractivity contribution >= 4 is 16.0 Å². The quantitative estimate of drug-likeness (QED) is 0.806. The zero-order valence-electron chi connectivity index (χ0n) is 12.3.